The molecule has 1 aliphatic heterocycles. The van der Waals surface area contributed by atoms with Crippen molar-refractivity contribution >= 4 is 11.8 Å². The number of amides is 2. The predicted octanol–water partition coefficient (Wildman–Crippen LogP) is 2.38. The first kappa shape index (κ1) is 16.7. The highest BCUT2D eigenvalue weighted by Gasteiger charge is 2.40. The van der Waals surface area contributed by atoms with E-state index in [1.807, 2.05) is 6.92 Å². The number of nitrogens with zero attached hydrogens (tertiary/aromatic N) is 1. The summed E-state index contributed by atoms with van der Waals surface area (Å²) in [5.74, 6) is -0.0239. The highest BCUT2D eigenvalue weighted by molar-refractivity contribution is 5.88. The van der Waals surface area contributed by atoms with Crippen LogP contribution >= 0.6 is 0 Å². The molecule has 0 spiro atoms. The molecule has 1 N–H and O–H groups in total. The molecule has 0 aromatic heterocycles. The van der Waals surface area contributed by atoms with Crippen molar-refractivity contribution in [3.05, 3.63) is 0 Å². The summed E-state index contributed by atoms with van der Waals surface area (Å²) in [5, 5.41) is 3.06. The van der Waals surface area contributed by atoms with Gasteiger partial charge >= 0.3 is 0 Å². The SMILES string of the molecule is C[C@H](OC1CCCCCC1)C(=O)N1CC(=O)N[C@@H]2CCCC[C@H]21. The summed E-state index contributed by atoms with van der Waals surface area (Å²) in [5.41, 5.74) is 0. The third-order valence-corrected chi connectivity index (χ3v) is 5.62. The largest absolute Gasteiger partial charge is 0.365 e. The number of carbonyl (C=O) groups excluding carboxylic acids is 2. The van der Waals surface area contributed by atoms with Crippen LogP contribution in [0, 0.1) is 0 Å². The Hall–Kier alpha value is -1.10. The topological polar surface area (TPSA) is 58.6 Å². The van der Waals surface area contributed by atoms with Gasteiger partial charge in [0.25, 0.3) is 5.91 Å². The minimum absolute atomic E-state index is 0.000923. The standard InChI is InChI=1S/C18H30N2O3/c1-13(23-14-8-4-2-3-5-9-14)18(22)20-12-17(21)19-15-10-6-7-11-16(15)20/h13-16H,2-12H2,1H3,(H,19,21)/t13-,15+,16+/m0/s1. The molecule has 0 radical (unpaired) electrons. The van der Waals surface area contributed by atoms with Crippen LogP contribution < -0.4 is 5.32 Å². The van der Waals surface area contributed by atoms with E-state index in [9.17, 15) is 9.59 Å². The number of fused-ring (bicyclic) bond motifs is 1. The minimum Gasteiger partial charge on any atom is -0.365 e. The van der Waals surface area contributed by atoms with E-state index in [1.54, 1.807) is 4.90 Å². The van der Waals surface area contributed by atoms with Crippen LogP contribution in [0.3, 0.4) is 0 Å². The van der Waals surface area contributed by atoms with Gasteiger partial charge in [-0.1, -0.05) is 38.5 Å². The van der Waals surface area contributed by atoms with E-state index in [4.69, 9.17) is 4.74 Å². The maximum Gasteiger partial charge on any atom is 0.252 e. The molecule has 2 saturated carbocycles. The summed E-state index contributed by atoms with van der Waals surface area (Å²) < 4.78 is 6.08. The van der Waals surface area contributed by atoms with Crippen LogP contribution in [0.1, 0.15) is 71.1 Å². The Morgan fingerprint density at radius 2 is 1.74 bits per heavy atom. The van der Waals surface area contributed by atoms with Crippen molar-refractivity contribution in [1.29, 1.82) is 0 Å². The van der Waals surface area contributed by atoms with Gasteiger partial charge in [-0.05, 0) is 32.6 Å². The van der Waals surface area contributed by atoms with Gasteiger partial charge in [-0.15, -0.1) is 0 Å². The molecule has 3 atom stereocenters. The van der Waals surface area contributed by atoms with Crippen molar-refractivity contribution in [3.63, 3.8) is 0 Å². The monoisotopic (exact) mass is 322 g/mol. The average molecular weight is 322 g/mol. The number of carbonyl (C=O) groups is 2. The Balaban J connectivity index is 1.61. The second-order valence-corrected chi connectivity index (χ2v) is 7.38. The molecule has 2 amide bonds. The van der Waals surface area contributed by atoms with Crippen LogP contribution in [0.5, 0.6) is 0 Å². The van der Waals surface area contributed by atoms with Gasteiger partial charge in [0.05, 0.1) is 18.7 Å². The van der Waals surface area contributed by atoms with E-state index in [0.29, 0.717) is 0 Å². The van der Waals surface area contributed by atoms with Crippen LogP contribution in [0.2, 0.25) is 0 Å². The van der Waals surface area contributed by atoms with Crippen LogP contribution in [0.25, 0.3) is 0 Å². The van der Waals surface area contributed by atoms with Gasteiger partial charge in [-0.3, -0.25) is 9.59 Å². The number of nitrogens with one attached hydrogen (secondary N) is 1. The second kappa shape index (κ2) is 7.65. The Bertz CT molecular complexity index is 432. The van der Waals surface area contributed by atoms with Gasteiger partial charge in [0.15, 0.2) is 0 Å². The zero-order chi connectivity index (χ0) is 16.2. The van der Waals surface area contributed by atoms with E-state index < -0.39 is 6.10 Å². The zero-order valence-corrected chi connectivity index (χ0v) is 14.3. The molecule has 5 heteroatoms. The van der Waals surface area contributed by atoms with Crippen LogP contribution in [-0.2, 0) is 14.3 Å². The number of hydrogen-bond acceptors (Lipinski definition) is 3. The first-order chi connectivity index (χ1) is 11.1. The molecule has 0 aromatic carbocycles. The normalized spacial score (nSPS) is 31.0. The van der Waals surface area contributed by atoms with Crippen molar-refractivity contribution < 1.29 is 14.3 Å². The van der Waals surface area contributed by atoms with Crippen molar-refractivity contribution in [2.24, 2.45) is 0 Å². The lowest BCUT2D eigenvalue weighted by atomic mass is 9.87. The Labute approximate surface area is 139 Å². The summed E-state index contributed by atoms with van der Waals surface area (Å²) in [6.07, 6.45) is 11.1. The van der Waals surface area contributed by atoms with E-state index in [0.717, 1.165) is 38.5 Å². The average Bonchev–Trinajstić information content (AvgIpc) is 2.82. The van der Waals surface area contributed by atoms with Crippen molar-refractivity contribution in [3.8, 4) is 0 Å². The van der Waals surface area contributed by atoms with Gasteiger partial charge < -0.3 is 15.0 Å². The van der Waals surface area contributed by atoms with E-state index in [1.165, 1.54) is 25.7 Å². The molecule has 5 nitrogen and oxygen atoms in total. The van der Waals surface area contributed by atoms with Crippen molar-refractivity contribution in [2.75, 3.05) is 6.54 Å². The van der Waals surface area contributed by atoms with Gasteiger partial charge in [-0.2, -0.15) is 0 Å². The fraction of sp³-hybridized carbons (Fsp3) is 0.889. The van der Waals surface area contributed by atoms with E-state index in [-0.39, 0.29) is 36.5 Å². The molecule has 3 rings (SSSR count). The van der Waals surface area contributed by atoms with Crippen molar-refractivity contribution in [2.45, 2.75) is 95.4 Å². The zero-order valence-electron chi connectivity index (χ0n) is 14.3. The second-order valence-electron chi connectivity index (χ2n) is 7.38. The molecule has 3 aliphatic rings. The molecule has 23 heavy (non-hydrogen) atoms. The summed E-state index contributed by atoms with van der Waals surface area (Å²) in [4.78, 5) is 26.6. The maximum atomic E-state index is 12.9. The fourth-order valence-corrected chi connectivity index (χ4v) is 4.38. The third-order valence-electron chi connectivity index (χ3n) is 5.62. The number of piperazine rings is 1. The van der Waals surface area contributed by atoms with Crippen LogP contribution in [0.15, 0.2) is 0 Å². The molecule has 1 heterocycles. The minimum atomic E-state index is -0.438. The van der Waals surface area contributed by atoms with Gasteiger partial charge in [0, 0.05) is 6.04 Å². The fourth-order valence-electron chi connectivity index (χ4n) is 4.38. The third kappa shape index (κ3) is 4.06. The first-order valence-electron chi connectivity index (χ1n) is 9.40. The molecule has 1 saturated heterocycles. The summed E-state index contributed by atoms with van der Waals surface area (Å²) >= 11 is 0. The maximum absolute atomic E-state index is 12.9. The molecular weight excluding hydrogens is 292 g/mol. The van der Waals surface area contributed by atoms with Crippen molar-refractivity contribution in [1.82, 2.24) is 10.2 Å². The lowest BCUT2D eigenvalue weighted by Gasteiger charge is -2.44. The molecule has 3 fully saturated rings. The highest BCUT2D eigenvalue weighted by Crippen LogP contribution is 2.27. The Morgan fingerprint density at radius 3 is 2.48 bits per heavy atom. The van der Waals surface area contributed by atoms with Crippen LogP contribution in [-0.4, -0.2) is 47.6 Å². The number of ether oxygens (including phenoxy) is 1. The molecule has 130 valence electrons. The predicted molar refractivity (Wildman–Crippen MR) is 87.9 cm³/mol. The Kier molecular flexibility index (Phi) is 5.57. The Morgan fingerprint density at radius 1 is 1.09 bits per heavy atom. The molecule has 0 bridgehead atoms. The molecule has 0 unspecified atom stereocenters. The summed E-state index contributed by atoms with van der Waals surface area (Å²) in [7, 11) is 0. The molecule has 2 aliphatic carbocycles. The van der Waals surface area contributed by atoms with Gasteiger partial charge in [-0.25, -0.2) is 0 Å². The quantitative estimate of drug-likeness (QED) is 0.812. The lowest BCUT2D eigenvalue weighted by Crippen LogP contribution is -2.64. The molecular formula is C18H30N2O3. The van der Waals surface area contributed by atoms with E-state index in [2.05, 4.69) is 5.32 Å². The van der Waals surface area contributed by atoms with Gasteiger partial charge in [0.1, 0.15) is 6.10 Å². The number of rotatable bonds is 3. The summed E-state index contributed by atoms with van der Waals surface area (Å²) in [6.45, 7) is 2.05. The number of hydrogen-bond donors (Lipinski definition) is 1. The summed E-state index contributed by atoms with van der Waals surface area (Å²) in [6, 6.07) is 0.299. The molecule has 0 aromatic rings. The highest BCUT2D eigenvalue weighted by atomic mass is 16.5. The van der Waals surface area contributed by atoms with Crippen LogP contribution in [0.4, 0.5) is 0 Å². The van der Waals surface area contributed by atoms with Gasteiger partial charge in [0.2, 0.25) is 5.91 Å². The lowest BCUT2D eigenvalue weighted by molar-refractivity contribution is -0.156. The van der Waals surface area contributed by atoms with E-state index >= 15 is 0 Å². The first-order valence-corrected chi connectivity index (χ1v) is 9.40. The smallest absolute Gasteiger partial charge is 0.252 e.